The first kappa shape index (κ1) is 12.0. The van der Waals surface area contributed by atoms with E-state index in [-0.39, 0.29) is 17.6 Å². The molecule has 0 aromatic heterocycles. The van der Waals surface area contributed by atoms with E-state index in [9.17, 15) is 9.90 Å². The van der Waals surface area contributed by atoms with Crippen molar-refractivity contribution in [3.05, 3.63) is 29.8 Å². The molecule has 0 heterocycles. The summed E-state index contributed by atoms with van der Waals surface area (Å²) >= 11 is 0. The summed E-state index contributed by atoms with van der Waals surface area (Å²) < 4.78 is 0. The third-order valence-electron chi connectivity index (χ3n) is 3.64. The molecule has 1 fully saturated rings. The highest BCUT2D eigenvalue weighted by Gasteiger charge is 2.29. The summed E-state index contributed by atoms with van der Waals surface area (Å²) in [4.78, 5) is 11.9. The van der Waals surface area contributed by atoms with Crippen molar-refractivity contribution < 1.29 is 9.90 Å². The number of hydrogen-bond acceptors (Lipinski definition) is 2. The van der Waals surface area contributed by atoms with E-state index in [1.165, 1.54) is 0 Å². The third-order valence-corrected chi connectivity index (χ3v) is 3.64. The van der Waals surface area contributed by atoms with Crippen molar-refractivity contribution in [3.8, 4) is 5.75 Å². The van der Waals surface area contributed by atoms with Gasteiger partial charge in [0.1, 0.15) is 5.75 Å². The topological polar surface area (TPSA) is 49.3 Å². The van der Waals surface area contributed by atoms with Gasteiger partial charge in [-0.3, -0.25) is 4.79 Å². The molecule has 1 aliphatic carbocycles. The molecule has 0 radical (unpaired) electrons. The molecule has 2 unspecified atom stereocenters. The van der Waals surface area contributed by atoms with Crippen LogP contribution in [0.1, 0.15) is 31.7 Å². The number of para-hydroxylation sites is 1. The van der Waals surface area contributed by atoms with Gasteiger partial charge in [0.15, 0.2) is 0 Å². The van der Waals surface area contributed by atoms with Crippen LogP contribution in [-0.2, 0) is 11.3 Å². The second kappa shape index (κ2) is 5.21. The fourth-order valence-corrected chi connectivity index (χ4v) is 2.51. The van der Waals surface area contributed by atoms with Gasteiger partial charge in [0, 0.05) is 18.0 Å². The average Bonchev–Trinajstić information content (AvgIpc) is 2.74. The fourth-order valence-electron chi connectivity index (χ4n) is 2.51. The molecule has 3 heteroatoms. The Balaban J connectivity index is 1.90. The van der Waals surface area contributed by atoms with Crippen LogP contribution in [-0.4, -0.2) is 11.0 Å². The molecule has 92 valence electrons. The minimum absolute atomic E-state index is 0.123. The molecule has 1 aromatic carbocycles. The second-order valence-corrected chi connectivity index (χ2v) is 4.86. The third kappa shape index (κ3) is 2.78. The van der Waals surface area contributed by atoms with Crippen molar-refractivity contribution in [2.75, 3.05) is 0 Å². The fraction of sp³-hybridized carbons (Fsp3) is 0.500. The van der Waals surface area contributed by atoms with Crippen molar-refractivity contribution in [2.45, 2.75) is 32.7 Å². The molecule has 1 aromatic rings. The SMILES string of the molecule is CC1CCCC1C(=O)NCc1ccccc1O. The highest BCUT2D eigenvalue weighted by molar-refractivity contribution is 5.79. The van der Waals surface area contributed by atoms with Crippen LogP contribution in [0.2, 0.25) is 0 Å². The maximum absolute atomic E-state index is 11.9. The predicted octanol–water partition coefficient (Wildman–Crippen LogP) is 2.44. The average molecular weight is 233 g/mol. The van der Waals surface area contributed by atoms with Crippen molar-refractivity contribution in [1.29, 1.82) is 0 Å². The van der Waals surface area contributed by atoms with Crippen molar-refractivity contribution in [2.24, 2.45) is 11.8 Å². The molecular weight excluding hydrogens is 214 g/mol. The molecule has 17 heavy (non-hydrogen) atoms. The Kier molecular flexibility index (Phi) is 3.67. The lowest BCUT2D eigenvalue weighted by molar-refractivity contribution is -0.126. The molecule has 1 aliphatic rings. The minimum Gasteiger partial charge on any atom is -0.508 e. The van der Waals surface area contributed by atoms with Gasteiger partial charge in [0.25, 0.3) is 0 Å². The molecule has 3 nitrogen and oxygen atoms in total. The number of hydrogen-bond donors (Lipinski definition) is 2. The largest absolute Gasteiger partial charge is 0.508 e. The zero-order valence-electron chi connectivity index (χ0n) is 10.1. The summed E-state index contributed by atoms with van der Waals surface area (Å²) in [6.45, 7) is 2.55. The summed E-state index contributed by atoms with van der Waals surface area (Å²) in [5, 5.41) is 12.5. The van der Waals surface area contributed by atoms with Crippen LogP contribution in [0.4, 0.5) is 0 Å². The zero-order chi connectivity index (χ0) is 12.3. The Labute approximate surface area is 102 Å². The summed E-state index contributed by atoms with van der Waals surface area (Å²) in [7, 11) is 0. The van der Waals surface area contributed by atoms with Gasteiger partial charge in [0.2, 0.25) is 5.91 Å². The lowest BCUT2D eigenvalue weighted by Crippen LogP contribution is -2.31. The Bertz CT molecular complexity index is 403. The molecule has 1 amide bonds. The van der Waals surface area contributed by atoms with E-state index in [1.54, 1.807) is 12.1 Å². The minimum atomic E-state index is 0.123. The number of carbonyl (C=O) groups is 1. The van der Waals surface area contributed by atoms with Gasteiger partial charge in [-0.25, -0.2) is 0 Å². The summed E-state index contributed by atoms with van der Waals surface area (Å²) in [5.74, 6) is 1.01. The van der Waals surface area contributed by atoms with Gasteiger partial charge in [-0.2, -0.15) is 0 Å². The van der Waals surface area contributed by atoms with E-state index in [2.05, 4.69) is 12.2 Å². The van der Waals surface area contributed by atoms with Crippen molar-refractivity contribution in [1.82, 2.24) is 5.32 Å². The number of aromatic hydroxyl groups is 1. The Morgan fingerprint density at radius 1 is 1.41 bits per heavy atom. The summed E-state index contributed by atoms with van der Waals surface area (Å²) in [6.07, 6.45) is 3.29. The number of phenols is 1. The molecule has 0 bridgehead atoms. The quantitative estimate of drug-likeness (QED) is 0.842. The van der Waals surface area contributed by atoms with Crippen LogP contribution in [0, 0.1) is 11.8 Å². The maximum Gasteiger partial charge on any atom is 0.223 e. The Morgan fingerprint density at radius 2 is 2.18 bits per heavy atom. The molecule has 0 aliphatic heterocycles. The molecular formula is C14H19NO2. The second-order valence-electron chi connectivity index (χ2n) is 4.86. The standard InChI is InChI=1S/C14H19NO2/c1-10-5-4-7-12(10)14(17)15-9-11-6-2-3-8-13(11)16/h2-3,6,8,10,12,16H,4-5,7,9H2,1H3,(H,15,17). The molecule has 1 saturated carbocycles. The van der Waals surface area contributed by atoms with Crippen molar-refractivity contribution in [3.63, 3.8) is 0 Å². The molecule has 2 N–H and O–H groups in total. The highest BCUT2D eigenvalue weighted by Crippen LogP contribution is 2.31. The molecule has 0 saturated heterocycles. The van der Waals surface area contributed by atoms with E-state index >= 15 is 0 Å². The van der Waals surface area contributed by atoms with E-state index in [1.807, 2.05) is 12.1 Å². The molecule has 2 atom stereocenters. The van der Waals surface area contributed by atoms with Crippen LogP contribution in [0.3, 0.4) is 0 Å². The maximum atomic E-state index is 11.9. The van der Waals surface area contributed by atoms with Crippen LogP contribution in [0.25, 0.3) is 0 Å². The van der Waals surface area contributed by atoms with Gasteiger partial charge in [-0.15, -0.1) is 0 Å². The van der Waals surface area contributed by atoms with Gasteiger partial charge in [-0.1, -0.05) is 31.5 Å². The lowest BCUT2D eigenvalue weighted by atomic mass is 9.97. The molecule has 0 spiro atoms. The van der Waals surface area contributed by atoms with E-state index in [0.29, 0.717) is 12.5 Å². The Morgan fingerprint density at radius 3 is 2.82 bits per heavy atom. The summed E-state index contributed by atoms with van der Waals surface area (Å²) in [5.41, 5.74) is 0.770. The van der Waals surface area contributed by atoms with E-state index < -0.39 is 0 Å². The van der Waals surface area contributed by atoms with Crippen LogP contribution >= 0.6 is 0 Å². The normalized spacial score (nSPS) is 23.6. The number of amides is 1. The van der Waals surface area contributed by atoms with E-state index in [0.717, 1.165) is 24.8 Å². The van der Waals surface area contributed by atoms with Crippen molar-refractivity contribution >= 4 is 5.91 Å². The van der Waals surface area contributed by atoms with Gasteiger partial charge >= 0.3 is 0 Å². The van der Waals surface area contributed by atoms with Crippen LogP contribution in [0.5, 0.6) is 5.75 Å². The van der Waals surface area contributed by atoms with Crippen LogP contribution < -0.4 is 5.32 Å². The van der Waals surface area contributed by atoms with Gasteiger partial charge < -0.3 is 10.4 Å². The first-order valence-electron chi connectivity index (χ1n) is 6.23. The number of nitrogens with one attached hydrogen (secondary N) is 1. The predicted molar refractivity (Wildman–Crippen MR) is 66.5 cm³/mol. The first-order chi connectivity index (χ1) is 8.18. The monoisotopic (exact) mass is 233 g/mol. The molecule has 2 rings (SSSR count). The Hall–Kier alpha value is -1.51. The van der Waals surface area contributed by atoms with Gasteiger partial charge in [0.05, 0.1) is 0 Å². The van der Waals surface area contributed by atoms with Crippen LogP contribution in [0.15, 0.2) is 24.3 Å². The van der Waals surface area contributed by atoms with Gasteiger partial charge in [-0.05, 0) is 24.8 Å². The summed E-state index contributed by atoms with van der Waals surface area (Å²) in [6, 6.07) is 7.10. The number of benzene rings is 1. The number of carbonyl (C=O) groups excluding carboxylic acids is 1. The highest BCUT2D eigenvalue weighted by atomic mass is 16.3. The number of rotatable bonds is 3. The smallest absolute Gasteiger partial charge is 0.223 e. The zero-order valence-corrected chi connectivity index (χ0v) is 10.1. The first-order valence-corrected chi connectivity index (χ1v) is 6.23. The lowest BCUT2D eigenvalue weighted by Gasteiger charge is -2.15. The van der Waals surface area contributed by atoms with E-state index in [4.69, 9.17) is 0 Å². The number of phenolic OH excluding ortho intramolecular Hbond substituents is 1.